The number of hydrogen-bond acceptors (Lipinski definition) is 1. The van der Waals surface area contributed by atoms with Gasteiger partial charge in [-0.25, -0.2) is 0 Å². The molecule has 2 unspecified atom stereocenters. The minimum Gasteiger partial charge on any atom is -0.316 e. The summed E-state index contributed by atoms with van der Waals surface area (Å²) in [5, 5.41) is 3.44. The lowest BCUT2D eigenvalue weighted by atomic mass is 10.0. The zero-order chi connectivity index (χ0) is 6.27. The summed E-state index contributed by atoms with van der Waals surface area (Å²) in [6.45, 7) is 4.99. The molecule has 0 aromatic heterocycles. The molecule has 0 aromatic rings. The molecule has 0 bridgehead atoms. The molecule has 1 saturated heterocycles. The first-order valence-corrected chi connectivity index (χ1v) is 4.07. The van der Waals surface area contributed by atoms with Crippen molar-refractivity contribution in [3.63, 3.8) is 0 Å². The van der Waals surface area contributed by atoms with Gasteiger partial charge in [0.25, 0.3) is 0 Å². The highest BCUT2D eigenvalue weighted by Crippen LogP contribution is 2.37. The fourth-order valence-corrected chi connectivity index (χ4v) is 2.47. The molecule has 0 radical (unpaired) electrons. The van der Waals surface area contributed by atoms with Crippen LogP contribution in [-0.4, -0.2) is 13.1 Å². The van der Waals surface area contributed by atoms with Gasteiger partial charge in [-0.1, -0.05) is 6.92 Å². The van der Waals surface area contributed by atoms with Gasteiger partial charge in [-0.3, -0.25) is 0 Å². The zero-order valence-corrected chi connectivity index (χ0v) is 6.06. The first kappa shape index (κ1) is 5.72. The van der Waals surface area contributed by atoms with E-state index in [1.807, 2.05) is 0 Å². The maximum absolute atomic E-state index is 3.44. The van der Waals surface area contributed by atoms with Gasteiger partial charge >= 0.3 is 0 Å². The molecular formula is C8H15N. The smallest absolute Gasteiger partial charge is 0.00172 e. The van der Waals surface area contributed by atoms with E-state index in [4.69, 9.17) is 0 Å². The highest BCUT2D eigenvalue weighted by molar-refractivity contribution is 4.88. The Labute approximate surface area is 56.8 Å². The quantitative estimate of drug-likeness (QED) is 0.514. The van der Waals surface area contributed by atoms with Gasteiger partial charge in [0, 0.05) is 0 Å². The SMILES string of the molecule is CC1CC2CNC[C@H]2C1. The first-order valence-electron chi connectivity index (χ1n) is 4.07. The molecule has 1 aliphatic heterocycles. The molecule has 1 N–H and O–H groups in total. The van der Waals surface area contributed by atoms with Crippen LogP contribution in [0.25, 0.3) is 0 Å². The lowest BCUT2D eigenvalue weighted by Gasteiger charge is -2.02. The van der Waals surface area contributed by atoms with Crippen LogP contribution in [0.1, 0.15) is 19.8 Å². The molecule has 0 spiro atoms. The van der Waals surface area contributed by atoms with Gasteiger partial charge in [0.15, 0.2) is 0 Å². The molecule has 1 saturated carbocycles. The maximum Gasteiger partial charge on any atom is -0.00172 e. The molecule has 1 heteroatoms. The van der Waals surface area contributed by atoms with Crippen molar-refractivity contribution in [1.82, 2.24) is 5.32 Å². The monoisotopic (exact) mass is 125 g/mol. The second-order valence-corrected chi connectivity index (χ2v) is 3.75. The number of rotatable bonds is 0. The van der Waals surface area contributed by atoms with Crippen LogP contribution >= 0.6 is 0 Å². The number of nitrogens with one attached hydrogen (secondary N) is 1. The fourth-order valence-electron chi connectivity index (χ4n) is 2.47. The van der Waals surface area contributed by atoms with Crippen molar-refractivity contribution >= 4 is 0 Å². The van der Waals surface area contributed by atoms with Crippen LogP contribution in [-0.2, 0) is 0 Å². The van der Waals surface area contributed by atoms with Crippen LogP contribution in [0, 0.1) is 17.8 Å². The Hall–Kier alpha value is -0.0400. The molecule has 52 valence electrons. The summed E-state index contributed by atoms with van der Waals surface area (Å²) < 4.78 is 0. The Morgan fingerprint density at radius 3 is 2.22 bits per heavy atom. The lowest BCUT2D eigenvalue weighted by molar-refractivity contribution is 0.494. The molecule has 1 nitrogen and oxygen atoms in total. The lowest BCUT2D eigenvalue weighted by Crippen LogP contribution is -2.10. The third kappa shape index (κ3) is 0.877. The summed E-state index contributed by atoms with van der Waals surface area (Å²) in [5.74, 6) is 3.10. The van der Waals surface area contributed by atoms with Crippen molar-refractivity contribution in [2.75, 3.05) is 13.1 Å². The van der Waals surface area contributed by atoms with Crippen molar-refractivity contribution in [1.29, 1.82) is 0 Å². The zero-order valence-electron chi connectivity index (χ0n) is 6.06. The third-order valence-electron chi connectivity index (χ3n) is 2.89. The summed E-state index contributed by atoms with van der Waals surface area (Å²) in [6.07, 6.45) is 2.97. The van der Waals surface area contributed by atoms with Crippen molar-refractivity contribution < 1.29 is 0 Å². The van der Waals surface area contributed by atoms with Crippen molar-refractivity contribution in [2.24, 2.45) is 17.8 Å². The van der Waals surface area contributed by atoms with Gasteiger partial charge in [-0.05, 0) is 43.7 Å². The number of fused-ring (bicyclic) bond motifs is 1. The molecule has 1 heterocycles. The fraction of sp³-hybridized carbons (Fsp3) is 1.00. The predicted octanol–water partition coefficient (Wildman–Crippen LogP) is 1.25. The molecule has 9 heavy (non-hydrogen) atoms. The second-order valence-electron chi connectivity index (χ2n) is 3.75. The van der Waals surface area contributed by atoms with Crippen LogP contribution in [0.15, 0.2) is 0 Å². The molecule has 1 aliphatic carbocycles. The molecule has 0 amide bonds. The third-order valence-corrected chi connectivity index (χ3v) is 2.89. The Morgan fingerprint density at radius 2 is 1.67 bits per heavy atom. The van der Waals surface area contributed by atoms with E-state index in [1.54, 1.807) is 0 Å². The molecule has 2 fully saturated rings. The van der Waals surface area contributed by atoms with Gasteiger partial charge < -0.3 is 5.32 Å². The van der Waals surface area contributed by atoms with Gasteiger partial charge in [0.1, 0.15) is 0 Å². The second kappa shape index (κ2) is 1.98. The van der Waals surface area contributed by atoms with E-state index in [0.717, 1.165) is 17.8 Å². The Balaban J connectivity index is 2.02. The van der Waals surface area contributed by atoms with Crippen LogP contribution in [0.2, 0.25) is 0 Å². The van der Waals surface area contributed by atoms with E-state index in [2.05, 4.69) is 12.2 Å². The van der Waals surface area contributed by atoms with Crippen LogP contribution in [0.4, 0.5) is 0 Å². The first-order chi connectivity index (χ1) is 4.36. The van der Waals surface area contributed by atoms with E-state index >= 15 is 0 Å². The topological polar surface area (TPSA) is 12.0 Å². The van der Waals surface area contributed by atoms with Gasteiger partial charge in [-0.2, -0.15) is 0 Å². The van der Waals surface area contributed by atoms with Crippen LogP contribution in [0.5, 0.6) is 0 Å². The average molecular weight is 125 g/mol. The van der Waals surface area contributed by atoms with Crippen molar-refractivity contribution in [2.45, 2.75) is 19.8 Å². The molecular weight excluding hydrogens is 110 g/mol. The minimum atomic E-state index is 1.02. The Morgan fingerprint density at radius 1 is 1.11 bits per heavy atom. The molecule has 2 rings (SSSR count). The summed E-state index contributed by atoms with van der Waals surface area (Å²) in [6, 6.07) is 0. The van der Waals surface area contributed by atoms with Crippen LogP contribution in [0.3, 0.4) is 0 Å². The van der Waals surface area contributed by atoms with Gasteiger partial charge in [-0.15, -0.1) is 0 Å². The Bertz CT molecular complexity index is 99.1. The van der Waals surface area contributed by atoms with Gasteiger partial charge in [0.05, 0.1) is 0 Å². The number of hydrogen-bond donors (Lipinski definition) is 1. The van der Waals surface area contributed by atoms with E-state index < -0.39 is 0 Å². The van der Waals surface area contributed by atoms with Crippen molar-refractivity contribution in [3.8, 4) is 0 Å². The summed E-state index contributed by atoms with van der Waals surface area (Å²) in [7, 11) is 0. The van der Waals surface area contributed by atoms with Crippen LogP contribution < -0.4 is 5.32 Å². The molecule has 2 aliphatic rings. The predicted molar refractivity (Wildman–Crippen MR) is 38.2 cm³/mol. The Kier molecular flexibility index (Phi) is 1.26. The van der Waals surface area contributed by atoms with E-state index in [9.17, 15) is 0 Å². The van der Waals surface area contributed by atoms with E-state index in [-0.39, 0.29) is 0 Å². The summed E-state index contributed by atoms with van der Waals surface area (Å²) in [5.41, 5.74) is 0. The largest absolute Gasteiger partial charge is 0.316 e. The van der Waals surface area contributed by atoms with E-state index in [1.165, 1.54) is 25.9 Å². The highest BCUT2D eigenvalue weighted by atomic mass is 14.9. The van der Waals surface area contributed by atoms with Crippen molar-refractivity contribution in [3.05, 3.63) is 0 Å². The van der Waals surface area contributed by atoms with Gasteiger partial charge in [0.2, 0.25) is 0 Å². The standard InChI is InChI=1S/C8H15N/c1-6-2-7-4-9-5-8(7)3-6/h6-9H,2-5H2,1H3/t6?,7-,8?/m1/s1. The van der Waals surface area contributed by atoms with E-state index in [0.29, 0.717) is 0 Å². The molecule has 0 aromatic carbocycles. The summed E-state index contributed by atoms with van der Waals surface area (Å²) >= 11 is 0. The highest BCUT2D eigenvalue weighted by Gasteiger charge is 2.34. The normalized spacial score (nSPS) is 49.7. The average Bonchev–Trinajstić information content (AvgIpc) is 2.22. The summed E-state index contributed by atoms with van der Waals surface area (Å²) in [4.78, 5) is 0. The minimum absolute atomic E-state index is 1.02. The molecule has 3 atom stereocenters. The maximum atomic E-state index is 3.44.